The van der Waals surface area contributed by atoms with Crippen molar-refractivity contribution in [3.8, 4) is 5.75 Å². The number of hydrogen-bond acceptors (Lipinski definition) is 4. The topological polar surface area (TPSA) is 75.7 Å². The highest BCUT2D eigenvalue weighted by molar-refractivity contribution is 7.92. The van der Waals surface area contributed by atoms with Crippen LogP contribution in [0.15, 0.2) is 83.8 Å². The maximum atomic E-state index is 12.8. The molecular weight excluding hydrogens is 376 g/mol. The number of carbonyl (C=O) groups is 1. The van der Waals surface area contributed by atoms with Crippen LogP contribution < -0.4 is 14.4 Å². The Labute approximate surface area is 164 Å². The number of amides is 1. The summed E-state index contributed by atoms with van der Waals surface area (Å²) in [4.78, 5) is 12.6. The predicted octanol–water partition coefficient (Wildman–Crippen LogP) is 3.77. The molecule has 144 valence electrons. The van der Waals surface area contributed by atoms with E-state index in [1.54, 1.807) is 48.5 Å². The standard InChI is InChI=1S/C21H20N2O4S/c1-23(17-8-4-3-5-9-17)28(25,26)18-14-12-16(13-15-18)21(24)22-19-10-6-7-11-20(19)27-2/h3-15H,1-2H3,(H,22,24). The number of rotatable bonds is 6. The van der Waals surface area contributed by atoms with Crippen molar-refractivity contribution in [2.45, 2.75) is 4.90 Å². The van der Waals surface area contributed by atoms with Gasteiger partial charge in [-0.3, -0.25) is 9.10 Å². The zero-order chi connectivity index (χ0) is 20.1. The zero-order valence-corrected chi connectivity index (χ0v) is 16.3. The summed E-state index contributed by atoms with van der Waals surface area (Å²) in [5.74, 6) is 0.185. The molecule has 0 bridgehead atoms. The van der Waals surface area contributed by atoms with Crippen molar-refractivity contribution in [3.05, 3.63) is 84.4 Å². The van der Waals surface area contributed by atoms with Gasteiger partial charge in [-0.1, -0.05) is 30.3 Å². The first-order valence-corrected chi connectivity index (χ1v) is 9.96. The number of benzene rings is 3. The number of methoxy groups -OCH3 is 1. The maximum Gasteiger partial charge on any atom is 0.264 e. The predicted molar refractivity (Wildman–Crippen MR) is 109 cm³/mol. The average Bonchev–Trinajstić information content (AvgIpc) is 2.74. The van der Waals surface area contributed by atoms with Crippen LogP contribution in [0.3, 0.4) is 0 Å². The van der Waals surface area contributed by atoms with Gasteiger partial charge in [0.25, 0.3) is 15.9 Å². The summed E-state index contributed by atoms with van der Waals surface area (Å²) in [7, 11) is -0.708. The van der Waals surface area contributed by atoms with E-state index in [1.165, 1.54) is 42.7 Å². The molecule has 0 unspecified atom stereocenters. The highest BCUT2D eigenvalue weighted by Gasteiger charge is 2.21. The summed E-state index contributed by atoms with van der Waals surface area (Å²) in [6.45, 7) is 0. The van der Waals surface area contributed by atoms with Crippen LogP contribution in [-0.2, 0) is 10.0 Å². The van der Waals surface area contributed by atoms with E-state index < -0.39 is 10.0 Å². The van der Waals surface area contributed by atoms with E-state index in [2.05, 4.69) is 5.32 Å². The summed E-state index contributed by atoms with van der Waals surface area (Å²) in [5, 5.41) is 2.76. The van der Waals surface area contributed by atoms with Gasteiger partial charge < -0.3 is 10.1 Å². The largest absolute Gasteiger partial charge is 0.495 e. The van der Waals surface area contributed by atoms with Crippen LogP contribution in [0.25, 0.3) is 0 Å². The molecule has 0 spiro atoms. The number of para-hydroxylation sites is 3. The minimum Gasteiger partial charge on any atom is -0.495 e. The SMILES string of the molecule is COc1ccccc1NC(=O)c1ccc(S(=O)(=O)N(C)c2ccccc2)cc1. The Morgan fingerprint density at radius 2 is 1.50 bits per heavy atom. The summed E-state index contributed by atoms with van der Waals surface area (Å²) in [6.07, 6.45) is 0. The van der Waals surface area contributed by atoms with Crippen LogP contribution in [-0.4, -0.2) is 28.5 Å². The monoisotopic (exact) mass is 396 g/mol. The van der Waals surface area contributed by atoms with Gasteiger partial charge in [-0.05, 0) is 48.5 Å². The Bertz CT molecular complexity index is 1070. The maximum absolute atomic E-state index is 12.8. The Morgan fingerprint density at radius 1 is 0.893 bits per heavy atom. The average molecular weight is 396 g/mol. The summed E-state index contributed by atoms with van der Waals surface area (Å²) in [5.41, 5.74) is 1.43. The molecule has 0 saturated carbocycles. The zero-order valence-electron chi connectivity index (χ0n) is 15.5. The first-order valence-electron chi connectivity index (χ1n) is 8.52. The Kier molecular flexibility index (Phi) is 5.65. The fraction of sp³-hybridized carbons (Fsp3) is 0.0952. The number of carbonyl (C=O) groups excluding carboxylic acids is 1. The molecule has 7 heteroatoms. The second-order valence-electron chi connectivity index (χ2n) is 5.99. The molecule has 0 aromatic heterocycles. The van der Waals surface area contributed by atoms with Crippen LogP contribution in [0.5, 0.6) is 5.75 Å². The van der Waals surface area contributed by atoms with E-state index in [1.807, 2.05) is 6.07 Å². The van der Waals surface area contributed by atoms with Crippen molar-refractivity contribution in [1.82, 2.24) is 0 Å². The van der Waals surface area contributed by atoms with Gasteiger partial charge in [0, 0.05) is 12.6 Å². The van der Waals surface area contributed by atoms with Crippen molar-refractivity contribution in [1.29, 1.82) is 0 Å². The van der Waals surface area contributed by atoms with E-state index in [4.69, 9.17) is 4.74 Å². The second-order valence-corrected chi connectivity index (χ2v) is 7.96. The summed E-state index contributed by atoms with van der Waals surface area (Å²) in [6, 6.07) is 21.7. The Balaban J connectivity index is 1.80. The number of sulfonamides is 1. The molecular formula is C21H20N2O4S. The van der Waals surface area contributed by atoms with Crippen LogP contribution in [0.1, 0.15) is 10.4 Å². The van der Waals surface area contributed by atoms with Gasteiger partial charge in [0.2, 0.25) is 0 Å². The highest BCUT2D eigenvalue weighted by Crippen LogP contribution is 2.25. The fourth-order valence-corrected chi connectivity index (χ4v) is 3.85. The van der Waals surface area contributed by atoms with Crippen LogP contribution in [0.2, 0.25) is 0 Å². The molecule has 0 aliphatic rings. The van der Waals surface area contributed by atoms with E-state index in [-0.39, 0.29) is 10.8 Å². The minimum absolute atomic E-state index is 0.104. The molecule has 0 atom stereocenters. The first kappa shape index (κ1) is 19.4. The van der Waals surface area contributed by atoms with Crippen LogP contribution in [0.4, 0.5) is 11.4 Å². The van der Waals surface area contributed by atoms with Gasteiger partial charge in [0.15, 0.2) is 0 Å². The first-order chi connectivity index (χ1) is 13.4. The second kappa shape index (κ2) is 8.14. The number of nitrogens with zero attached hydrogens (tertiary/aromatic N) is 1. The molecule has 28 heavy (non-hydrogen) atoms. The van der Waals surface area contributed by atoms with Gasteiger partial charge in [0.1, 0.15) is 5.75 Å². The number of ether oxygens (including phenoxy) is 1. The number of anilines is 2. The highest BCUT2D eigenvalue weighted by atomic mass is 32.2. The van der Waals surface area contributed by atoms with Crippen molar-refractivity contribution < 1.29 is 17.9 Å². The van der Waals surface area contributed by atoms with Crippen molar-refractivity contribution in [3.63, 3.8) is 0 Å². The van der Waals surface area contributed by atoms with Crippen molar-refractivity contribution in [2.75, 3.05) is 23.8 Å². The van der Waals surface area contributed by atoms with E-state index in [9.17, 15) is 13.2 Å². The van der Waals surface area contributed by atoms with Crippen LogP contribution >= 0.6 is 0 Å². The van der Waals surface area contributed by atoms with E-state index in [0.717, 1.165) is 0 Å². The Hall–Kier alpha value is -3.32. The lowest BCUT2D eigenvalue weighted by Crippen LogP contribution is -2.26. The smallest absolute Gasteiger partial charge is 0.264 e. The van der Waals surface area contributed by atoms with Gasteiger partial charge in [-0.25, -0.2) is 8.42 Å². The molecule has 0 aliphatic heterocycles. The van der Waals surface area contributed by atoms with Crippen LogP contribution in [0, 0.1) is 0 Å². The molecule has 6 nitrogen and oxygen atoms in total. The van der Waals surface area contributed by atoms with Crippen molar-refractivity contribution >= 4 is 27.3 Å². The van der Waals surface area contributed by atoms with E-state index in [0.29, 0.717) is 22.7 Å². The molecule has 1 amide bonds. The minimum atomic E-state index is -3.72. The Morgan fingerprint density at radius 3 is 2.14 bits per heavy atom. The third-order valence-electron chi connectivity index (χ3n) is 4.25. The third kappa shape index (κ3) is 3.99. The molecule has 0 saturated heterocycles. The molecule has 0 aliphatic carbocycles. The van der Waals surface area contributed by atoms with Gasteiger partial charge >= 0.3 is 0 Å². The van der Waals surface area contributed by atoms with Gasteiger partial charge in [-0.15, -0.1) is 0 Å². The normalized spacial score (nSPS) is 10.9. The molecule has 3 aromatic carbocycles. The lowest BCUT2D eigenvalue weighted by atomic mass is 10.2. The van der Waals surface area contributed by atoms with Crippen molar-refractivity contribution in [2.24, 2.45) is 0 Å². The number of hydrogen-bond donors (Lipinski definition) is 1. The lowest BCUT2D eigenvalue weighted by Gasteiger charge is -2.19. The molecule has 0 heterocycles. The van der Waals surface area contributed by atoms with Gasteiger partial charge in [-0.2, -0.15) is 0 Å². The third-order valence-corrected chi connectivity index (χ3v) is 6.05. The molecule has 0 fully saturated rings. The van der Waals surface area contributed by atoms with Gasteiger partial charge in [0.05, 0.1) is 23.4 Å². The lowest BCUT2D eigenvalue weighted by molar-refractivity contribution is 0.102. The molecule has 3 rings (SSSR count). The quantitative estimate of drug-likeness (QED) is 0.688. The molecule has 3 aromatic rings. The molecule has 0 radical (unpaired) electrons. The molecule has 1 N–H and O–H groups in total. The number of nitrogens with one attached hydrogen (secondary N) is 1. The summed E-state index contributed by atoms with van der Waals surface area (Å²) >= 11 is 0. The summed E-state index contributed by atoms with van der Waals surface area (Å²) < 4.78 is 32.0. The van der Waals surface area contributed by atoms with E-state index >= 15 is 0 Å². The fourth-order valence-electron chi connectivity index (χ4n) is 2.66.